The van der Waals surface area contributed by atoms with Crippen molar-refractivity contribution in [2.24, 2.45) is 0 Å². The summed E-state index contributed by atoms with van der Waals surface area (Å²) in [6, 6.07) is 18.0. The normalized spacial score (nSPS) is 13.6. The Morgan fingerprint density at radius 3 is 2.29 bits per heavy atom. The van der Waals surface area contributed by atoms with Gasteiger partial charge in [0.15, 0.2) is 0 Å². The number of carbonyl (C=O) groups is 3. The minimum Gasteiger partial charge on any atom is -0.495 e. The minimum atomic E-state index is -0.840. The zero-order valence-electron chi connectivity index (χ0n) is 25.6. The largest absolute Gasteiger partial charge is 0.495 e. The van der Waals surface area contributed by atoms with Crippen molar-refractivity contribution in [3.8, 4) is 11.5 Å². The summed E-state index contributed by atoms with van der Waals surface area (Å²) in [4.78, 5) is 43.1. The lowest BCUT2D eigenvalue weighted by Gasteiger charge is -2.35. The van der Waals surface area contributed by atoms with E-state index in [1.807, 2.05) is 36.1 Å². The van der Waals surface area contributed by atoms with Gasteiger partial charge >= 0.3 is 12.0 Å². The van der Waals surface area contributed by atoms with Gasteiger partial charge in [-0.25, -0.2) is 9.18 Å². The first-order valence-corrected chi connectivity index (χ1v) is 14.8. The standard InChI is InChI=1S/C33H40FN5O6/c1-24-5-3-4-6-28(24)35-33(43)36-29-12-7-25(21-30(29)44-2)22-31(40)39(19-20-45-27-10-8-26(34)9-11-27)18-17-37-13-15-38(16-14-37)23-32(41)42/h3-12,21H,13-20,22-23H2,1-2H3,(H,41,42)(H2,35,36,43). The van der Waals surface area contributed by atoms with Crippen molar-refractivity contribution in [2.45, 2.75) is 13.3 Å². The number of halogens is 1. The van der Waals surface area contributed by atoms with Gasteiger partial charge < -0.3 is 30.1 Å². The van der Waals surface area contributed by atoms with Crippen molar-refractivity contribution in [1.82, 2.24) is 14.7 Å². The lowest BCUT2D eigenvalue weighted by Crippen LogP contribution is -2.50. The number of urea groups is 1. The van der Waals surface area contributed by atoms with Crippen LogP contribution in [0.15, 0.2) is 66.7 Å². The Kier molecular flexibility index (Phi) is 12.1. The zero-order chi connectivity index (χ0) is 32.2. The highest BCUT2D eigenvalue weighted by Crippen LogP contribution is 2.26. The van der Waals surface area contributed by atoms with Crippen LogP contribution in [0.1, 0.15) is 11.1 Å². The van der Waals surface area contributed by atoms with E-state index in [2.05, 4.69) is 15.5 Å². The van der Waals surface area contributed by atoms with Gasteiger partial charge in [0.05, 0.1) is 32.3 Å². The molecule has 0 aliphatic carbocycles. The minimum absolute atomic E-state index is 0.0221. The number of ether oxygens (including phenoxy) is 2. The molecule has 0 radical (unpaired) electrons. The number of carboxylic acids is 1. The fourth-order valence-corrected chi connectivity index (χ4v) is 5.01. The van der Waals surface area contributed by atoms with Crippen molar-refractivity contribution in [3.63, 3.8) is 0 Å². The van der Waals surface area contributed by atoms with E-state index in [4.69, 9.17) is 14.6 Å². The number of rotatable bonds is 14. The number of carbonyl (C=O) groups excluding carboxylic acids is 2. The molecule has 1 heterocycles. The smallest absolute Gasteiger partial charge is 0.323 e. The lowest BCUT2D eigenvalue weighted by molar-refractivity contribution is -0.139. The monoisotopic (exact) mass is 621 g/mol. The molecule has 0 unspecified atom stereocenters. The summed E-state index contributed by atoms with van der Waals surface area (Å²) < 4.78 is 24.6. The molecule has 1 aliphatic heterocycles. The molecule has 3 aromatic rings. The van der Waals surface area contributed by atoms with Crippen LogP contribution in [0, 0.1) is 12.7 Å². The van der Waals surface area contributed by atoms with Crippen molar-refractivity contribution < 1.29 is 33.4 Å². The molecule has 3 N–H and O–H groups in total. The van der Waals surface area contributed by atoms with Gasteiger partial charge in [0, 0.05) is 45.0 Å². The quantitative estimate of drug-likeness (QED) is 0.248. The molecule has 3 amide bonds. The van der Waals surface area contributed by atoms with Crippen LogP contribution in [0.2, 0.25) is 0 Å². The number of aryl methyl sites for hydroxylation is 1. The molecule has 0 aromatic heterocycles. The highest BCUT2D eigenvalue weighted by atomic mass is 19.1. The molecule has 240 valence electrons. The Labute approximate surface area is 262 Å². The summed E-state index contributed by atoms with van der Waals surface area (Å²) in [7, 11) is 1.50. The molecule has 0 bridgehead atoms. The van der Waals surface area contributed by atoms with Crippen LogP contribution in [0.4, 0.5) is 20.6 Å². The van der Waals surface area contributed by atoms with E-state index < -0.39 is 12.0 Å². The maximum atomic E-state index is 13.6. The molecule has 0 spiro atoms. The van der Waals surface area contributed by atoms with E-state index in [0.29, 0.717) is 74.3 Å². The molecular weight excluding hydrogens is 581 g/mol. The molecule has 11 nitrogen and oxygen atoms in total. The number of hydrogen-bond donors (Lipinski definition) is 3. The maximum absolute atomic E-state index is 13.6. The fourth-order valence-electron chi connectivity index (χ4n) is 5.01. The summed E-state index contributed by atoms with van der Waals surface area (Å²) in [6.45, 7) is 6.29. The van der Waals surface area contributed by atoms with Gasteiger partial charge in [0.2, 0.25) is 5.91 Å². The van der Waals surface area contributed by atoms with Gasteiger partial charge in [-0.15, -0.1) is 0 Å². The second-order valence-corrected chi connectivity index (χ2v) is 10.8. The highest BCUT2D eigenvalue weighted by molar-refractivity contribution is 6.01. The van der Waals surface area contributed by atoms with Crippen molar-refractivity contribution in [1.29, 1.82) is 0 Å². The first-order chi connectivity index (χ1) is 21.7. The van der Waals surface area contributed by atoms with Gasteiger partial charge in [-0.1, -0.05) is 24.3 Å². The number of amides is 3. The van der Waals surface area contributed by atoms with Crippen LogP contribution in [-0.4, -0.2) is 104 Å². The van der Waals surface area contributed by atoms with Crippen molar-refractivity contribution in [3.05, 3.63) is 83.7 Å². The number of aliphatic carboxylic acids is 1. The van der Waals surface area contributed by atoms with Crippen molar-refractivity contribution in [2.75, 3.05) is 76.7 Å². The van der Waals surface area contributed by atoms with Crippen LogP contribution >= 0.6 is 0 Å². The second kappa shape index (κ2) is 16.4. The summed E-state index contributed by atoms with van der Waals surface area (Å²) in [5, 5.41) is 14.7. The molecular formula is C33H40FN5O6. The molecule has 3 aromatic carbocycles. The number of piperazine rings is 1. The summed E-state index contributed by atoms with van der Waals surface area (Å²) in [6.07, 6.45) is 0.106. The predicted molar refractivity (Wildman–Crippen MR) is 170 cm³/mol. The number of carboxylic acid groups (broad SMARTS) is 1. The first-order valence-electron chi connectivity index (χ1n) is 14.8. The van der Waals surface area contributed by atoms with E-state index in [-0.39, 0.29) is 31.3 Å². The van der Waals surface area contributed by atoms with E-state index in [0.717, 1.165) is 5.56 Å². The lowest BCUT2D eigenvalue weighted by atomic mass is 10.1. The average Bonchev–Trinajstić information content (AvgIpc) is 3.02. The van der Waals surface area contributed by atoms with E-state index in [1.165, 1.54) is 19.2 Å². The number of methoxy groups -OCH3 is 1. The molecule has 1 saturated heterocycles. The SMILES string of the molecule is COc1cc(CC(=O)N(CCOc2ccc(F)cc2)CCN2CCN(CC(=O)O)CC2)ccc1NC(=O)Nc1ccccc1C. The Morgan fingerprint density at radius 1 is 0.911 bits per heavy atom. The van der Waals surface area contributed by atoms with Gasteiger partial charge in [0.1, 0.15) is 23.9 Å². The van der Waals surface area contributed by atoms with Crippen LogP contribution in [0.25, 0.3) is 0 Å². The van der Waals surface area contributed by atoms with E-state index in [1.54, 1.807) is 35.2 Å². The zero-order valence-corrected chi connectivity index (χ0v) is 25.6. The molecule has 4 rings (SSSR count). The molecule has 12 heteroatoms. The van der Waals surface area contributed by atoms with E-state index in [9.17, 15) is 18.8 Å². The number of nitrogens with zero attached hydrogens (tertiary/aromatic N) is 3. The molecule has 45 heavy (non-hydrogen) atoms. The van der Waals surface area contributed by atoms with Gasteiger partial charge in [-0.05, 0) is 60.5 Å². The number of nitrogens with one attached hydrogen (secondary N) is 2. The van der Waals surface area contributed by atoms with Crippen LogP contribution in [0.3, 0.4) is 0 Å². The second-order valence-electron chi connectivity index (χ2n) is 10.8. The Morgan fingerprint density at radius 2 is 1.60 bits per heavy atom. The third-order valence-electron chi connectivity index (χ3n) is 7.57. The van der Waals surface area contributed by atoms with Crippen LogP contribution in [0.5, 0.6) is 11.5 Å². The van der Waals surface area contributed by atoms with Crippen molar-refractivity contribution >= 4 is 29.3 Å². The maximum Gasteiger partial charge on any atom is 0.323 e. The number of para-hydroxylation sites is 1. The van der Waals surface area contributed by atoms with Crippen LogP contribution < -0.4 is 20.1 Å². The number of anilines is 2. The molecule has 0 saturated carbocycles. The number of hydrogen-bond acceptors (Lipinski definition) is 7. The topological polar surface area (TPSA) is 124 Å². The fraction of sp³-hybridized carbons (Fsp3) is 0.364. The third-order valence-corrected chi connectivity index (χ3v) is 7.57. The highest BCUT2D eigenvalue weighted by Gasteiger charge is 2.21. The molecule has 0 atom stereocenters. The Hall–Kier alpha value is -4.68. The van der Waals surface area contributed by atoms with Gasteiger partial charge in [-0.2, -0.15) is 0 Å². The van der Waals surface area contributed by atoms with Crippen LogP contribution in [-0.2, 0) is 16.0 Å². The van der Waals surface area contributed by atoms with E-state index >= 15 is 0 Å². The predicted octanol–water partition coefficient (Wildman–Crippen LogP) is 3.94. The molecule has 1 aliphatic rings. The van der Waals surface area contributed by atoms with Gasteiger partial charge in [0.25, 0.3) is 0 Å². The summed E-state index contributed by atoms with van der Waals surface area (Å²) in [5.41, 5.74) is 2.81. The first kappa shape index (κ1) is 33.2. The molecule has 1 fully saturated rings. The Balaban J connectivity index is 1.37. The number of benzene rings is 3. The van der Waals surface area contributed by atoms with Gasteiger partial charge in [-0.3, -0.25) is 19.4 Å². The third kappa shape index (κ3) is 10.5. The Bertz CT molecular complexity index is 1450. The average molecular weight is 622 g/mol. The summed E-state index contributed by atoms with van der Waals surface area (Å²) in [5.74, 6) is -0.371. The summed E-state index contributed by atoms with van der Waals surface area (Å²) >= 11 is 0.